The van der Waals surface area contributed by atoms with Crippen molar-refractivity contribution < 1.29 is 14.7 Å². The summed E-state index contributed by atoms with van der Waals surface area (Å²) in [5.41, 5.74) is 0.778. The Morgan fingerprint density at radius 3 is 2.55 bits per heavy atom. The second kappa shape index (κ2) is 7.75. The number of aliphatic carboxylic acids is 1. The van der Waals surface area contributed by atoms with Gasteiger partial charge in [0.15, 0.2) is 0 Å². The summed E-state index contributed by atoms with van der Waals surface area (Å²) < 4.78 is 0. The molecule has 0 aliphatic carbocycles. The van der Waals surface area contributed by atoms with Gasteiger partial charge in [-0.15, -0.1) is 0 Å². The van der Waals surface area contributed by atoms with Crippen LogP contribution in [0.5, 0.6) is 0 Å². The third-order valence-electron chi connectivity index (χ3n) is 3.16. The van der Waals surface area contributed by atoms with Gasteiger partial charge < -0.3 is 15.7 Å². The topological polar surface area (TPSA) is 78.4 Å². The van der Waals surface area contributed by atoms with Gasteiger partial charge in [0.1, 0.15) is 6.04 Å². The first-order valence-corrected chi connectivity index (χ1v) is 6.84. The van der Waals surface area contributed by atoms with Gasteiger partial charge in [0, 0.05) is 11.6 Å². The van der Waals surface area contributed by atoms with Crippen LogP contribution in [0.4, 0.5) is 4.79 Å². The first-order chi connectivity index (χ1) is 9.45. The molecule has 0 spiro atoms. The van der Waals surface area contributed by atoms with Crippen molar-refractivity contribution in [1.82, 2.24) is 10.6 Å². The van der Waals surface area contributed by atoms with Gasteiger partial charge in [0.05, 0.1) is 0 Å². The van der Waals surface area contributed by atoms with E-state index in [4.69, 9.17) is 16.7 Å². The fourth-order valence-electron chi connectivity index (χ4n) is 1.69. The molecule has 2 amide bonds. The van der Waals surface area contributed by atoms with Crippen LogP contribution in [0.3, 0.4) is 0 Å². The molecule has 0 radical (unpaired) electrons. The van der Waals surface area contributed by atoms with E-state index < -0.39 is 18.0 Å². The molecule has 1 aromatic carbocycles. The van der Waals surface area contributed by atoms with Gasteiger partial charge in [0.2, 0.25) is 0 Å². The Bertz CT molecular complexity index is 479. The number of hydrogen-bond acceptors (Lipinski definition) is 2. The number of halogens is 1. The van der Waals surface area contributed by atoms with E-state index in [9.17, 15) is 9.59 Å². The smallest absolute Gasteiger partial charge is 0.326 e. The number of rotatable bonds is 6. The quantitative estimate of drug-likeness (QED) is 0.755. The Morgan fingerprint density at radius 2 is 2.00 bits per heavy atom. The van der Waals surface area contributed by atoms with Crippen LogP contribution in [0.1, 0.15) is 25.8 Å². The number of carboxylic acid groups (broad SMARTS) is 1. The third-order valence-corrected chi connectivity index (χ3v) is 3.53. The molecule has 5 nitrogen and oxygen atoms in total. The molecule has 0 heterocycles. The number of hydrogen-bond donors (Lipinski definition) is 3. The van der Waals surface area contributed by atoms with Gasteiger partial charge in [-0.25, -0.2) is 9.59 Å². The zero-order valence-electron chi connectivity index (χ0n) is 11.5. The van der Waals surface area contributed by atoms with Crippen molar-refractivity contribution in [3.63, 3.8) is 0 Å². The lowest BCUT2D eigenvalue weighted by atomic mass is 9.99. The number of amides is 2. The molecule has 1 aromatic rings. The van der Waals surface area contributed by atoms with E-state index in [1.807, 2.05) is 13.0 Å². The maximum Gasteiger partial charge on any atom is 0.326 e. The average Bonchev–Trinajstić information content (AvgIpc) is 2.42. The molecule has 20 heavy (non-hydrogen) atoms. The van der Waals surface area contributed by atoms with Gasteiger partial charge in [-0.2, -0.15) is 0 Å². The van der Waals surface area contributed by atoms with E-state index in [1.54, 1.807) is 25.1 Å². The molecule has 0 aromatic heterocycles. The standard InChI is InChI=1S/C14H19ClN2O3/c1-3-9(2)12(13(18)19)17-14(20)16-8-10-6-4-5-7-11(10)15/h4-7,9,12H,3,8H2,1-2H3,(H,18,19)(H2,16,17,20)/t9?,12-/m0/s1. The Morgan fingerprint density at radius 1 is 1.35 bits per heavy atom. The highest BCUT2D eigenvalue weighted by atomic mass is 35.5. The average molecular weight is 299 g/mol. The highest BCUT2D eigenvalue weighted by molar-refractivity contribution is 6.31. The van der Waals surface area contributed by atoms with Gasteiger partial charge in [-0.3, -0.25) is 0 Å². The van der Waals surface area contributed by atoms with E-state index in [1.165, 1.54) is 0 Å². The minimum absolute atomic E-state index is 0.140. The monoisotopic (exact) mass is 298 g/mol. The minimum Gasteiger partial charge on any atom is -0.480 e. The number of carboxylic acids is 1. The lowest BCUT2D eigenvalue weighted by molar-refractivity contribution is -0.140. The highest BCUT2D eigenvalue weighted by Crippen LogP contribution is 2.14. The van der Waals surface area contributed by atoms with Crippen LogP contribution in [0.15, 0.2) is 24.3 Å². The first kappa shape index (κ1) is 16.3. The second-order valence-corrected chi connectivity index (χ2v) is 5.03. The number of urea groups is 1. The second-order valence-electron chi connectivity index (χ2n) is 4.62. The summed E-state index contributed by atoms with van der Waals surface area (Å²) in [6.07, 6.45) is 0.668. The molecule has 1 rings (SSSR count). The first-order valence-electron chi connectivity index (χ1n) is 6.46. The Labute approximate surface area is 123 Å². The molecule has 2 atom stereocenters. The molecule has 110 valence electrons. The summed E-state index contributed by atoms with van der Waals surface area (Å²) in [4.78, 5) is 22.8. The summed E-state index contributed by atoms with van der Waals surface area (Å²) in [6, 6.07) is 5.74. The Kier molecular flexibility index (Phi) is 6.31. The van der Waals surface area contributed by atoms with Crippen LogP contribution in [-0.2, 0) is 11.3 Å². The third kappa shape index (κ3) is 4.74. The Hall–Kier alpha value is -1.75. The Balaban J connectivity index is 2.55. The summed E-state index contributed by atoms with van der Waals surface area (Å²) in [7, 11) is 0. The fourth-order valence-corrected chi connectivity index (χ4v) is 1.90. The van der Waals surface area contributed by atoms with Gasteiger partial charge in [-0.1, -0.05) is 50.1 Å². The van der Waals surface area contributed by atoms with Crippen molar-refractivity contribution in [2.24, 2.45) is 5.92 Å². The van der Waals surface area contributed by atoms with Gasteiger partial charge in [0.25, 0.3) is 0 Å². The molecule has 0 saturated heterocycles. The molecule has 0 bridgehead atoms. The SMILES string of the molecule is CCC(C)[C@H](NC(=O)NCc1ccccc1Cl)C(=O)O. The van der Waals surface area contributed by atoms with E-state index in [0.29, 0.717) is 11.4 Å². The normalized spacial score (nSPS) is 13.3. The summed E-state index contributed by atoms with van der Waals surface area (Å²) in [5, 5.41) is 14.7. The fraction of sp³-hybridized carbons (Fsp3) is 0.429. The maximum atomic E-state index is 11.7. The van der Waals surface area contributed by atoms with Crippen LogP contribution in [-0.4, -0.2) is 23.1 Å². The van der Waals surface area contributed by atoms with Crippen molar-refractivity contribution in [3.8, 4) is 0 Å². The summed E-state index contributed by atoms with van der Waals surface area (Å²) in [5.74, 6) is -1.18. The predicted octanol–water partition coefficient (Wildman–Crippen LogP) is 2.64. The molecule has 3 N–H and O–H groups in total. The van der Waals surface area contributed by atoms with Crippen LogP contribution in [0.2, 0.25) is 5.02 Å². The van der Waals surface area contributed by atoms with Crippen molar-refractivity contribution >= 4 is 23.6 Å². The van der Waals surface area contributed by atoms with Crippen molar-refractivity contribution in [3.05, 3.63) is 34.9 Å². The highest BCUT2D eigenvalue weighted by Gasteiger charge is 2.25. The summed E-state index contributed by atoms with van der Waals surface area (Å²) >= 11 is 5.97. The molecule has 0 fully saturated rings. The van der Waals surface area contributed by atoms with Crippen LogP contribution in [0, 0.1) is 5.92 Å². The molecule has 1 unspecified atom stereocenters. The lowest BCUT2D eigenvalue weighted by Gasteiger charge is -2.20. The van der Waals surface area contributed by atoms with Crippen molar-refractivity contribution in [1.29, 1.82) is 0 Å². The van der Waals surface area contributed by atoms with E-state index >= 15 is 0 Å². The molecule has 0 aliphatic heterocycles. The van der Waals surface area contributed by atoms with E-state index in [2.05, 4.69) is 10.6 Å². The number of benzene rings is 1. The minimum atomic E-state index is -1.03. The number of nitrogens with one attached hydrogen (secondary N) is 2. The molecular formula is C14H19ClN2O3. The van der Waals surface area contributed by atoms with E-state index in [-0.39, 0.29) is 12.5 Å². The van der Waals surface area contributed by atoms with E-state index in [0.717, 1.165) is 5.56 Å². The van der Waals surface area contributed by atoms with Gasteiger partial charge in [-0.05, 0) is 17.5 Å². The molecule has 0 saturated carbocycles. The van der Waals surface area contributed by atoms with Crippen LogP contribution < -0.4 is 10.6 Å². The summed E-state index contributed by atoms with van der Waals surface area (Å²) in [6.45, 7) is 3.91. The van der Waals surface area contributed by atoms with Crippen LogP contribution >= 0.6 is 11.6 Å². The molecular weight excluding hydrogens is 280 g/mol. The predicted molar refractivity (Wildman–Crippen MR) is 77.7 cm³/mol. The lowest BCUT2D eigenvalue weighted by Crippen LogP contribution is -2.48. The van der Waals surface area contributed by atoms with Crippen molar-refractivity contribution in [2.45, 2.75) is 32.9 Å². The zero-order chi connectivity index (χ0) is 15.1. The van der Waals surface area contributed by atoms with Crippen LogP contribution in [0.25, 0.3) is 0 Å². The zero-order valence-corrected chi connectivity index (χ0v) is 12.3. The molecule has 0 aliphatic rings. The van der Waals surface area contributed by atoms with Crippen molar-refractivity contribution in [2.75, 3.05) is 0 Å². The number of carbonyl (C=O) groups is 2. The molecule has 6 heteroatoms. The maximum absolute atomic E-state index is 11.7. The van der Waals surface area contributed by atoms with Gasteiger partial charge >= 0.3 is 12.0 Å². The number of carbonyl (C=O) groups excluding carboxylic acids is 1. The largest absolute Gasteiger partial charge is 0.480 e.